The molecule has 0 spiro atoms. The normalized spacial score (nSPS) is 17.5. The smallest absolute Gasteiger partial charge is 0.129 e. The molecule has 4 heteroatoms. The second-order valence-electron chi connectivity index (χ2n) is 3.41. The zero-order chi connectivity index (χ0) is 9.26. The number of nitrogens with zero attached hydrogens (tertiary/aromatic N) is 3. The van der Waals surface area contributed by atoms with Crippen LogP contribution in [0.4, 0.5) is 5.82 Å². The summed E-state index contributed by atoms with van der Waals surface area (Å²) in [5.74, 6) is 1.97. The van der Waals surface area contributed by atoms with Crippen molar-refractivity contribution in [2.45, 2.75) is 25.8 Å². The molecular formula is C9H14N4. The summed E-state index contributed by atoms with van der Waals surface area (Å²) in [5, 5.41) is 7.28. The molecule has 1 aromatic heterocycles. The molecule has 0 amide bonds. The van der Waals surface area contributed by atoms with E-state index in [2.05, 4.69) is 15.4 Å². The van der Waals surface area contributed by atoms with Crippen molar-refractivity contribution in [3.63, 3.8) is 0 Å². The van der Waals surface area contributed by atoms with Gasteiger partial charge >= 0.3 is 0 Å². The Balaban J connectivity index is 2.00. The molecule has 0 unspecified atom stereocenters. The van der Waals surface area contributed by atoms with E-state index in [4.69, 9.17) is 0 Å². The number of rotatable bonds is 2. The number of aryl methyl sites for hydroxylation is 1. The Kier molecular flexibility index (Phi) is 2.04. The third-order valence-electron chi connectivity index (χ3n) is 2.05. The summed E-state index contributed by atoms with van der Waals surface area (Å²) in [6, 6.07) is 2.51. The highest BCUT2D eigenvalue weighted by Crippen LogP contribution is 2.23. The number of aliphatic imine (C=N–C) groups is 1. The summed E-state index contributed by atoms with van der Waals surface area (Å²) in [7, 11) is 1.91. The van der Waals surface area contributed by atoms with Crippen LogP contribution in [0.1, 0.15) is 19.8 Å². The molecular weight excluding hydrogens is 164 g/mol. The first-order valence-electron chi connectivity index (χ1n) is 4.55. The molecule has 13 heavy (non-hydrogen) atoms. The first kappa shape index (κ1) is 8.29. The second kappa shape index (κ2) is 3.20. The lowest BCUT2D eigenvalue weighted by atomic mass is 10.5. The minimum atomic E-state index is 0.570. The van der Waals surface area contributed by atoms with Crippen molar-refractivity contribution in [3.8, 4) is 0 Å². The molecule has 0 aromatic carbocycles. The molecule has 0 aliphatic heterocycles. The summed E-state index contributed by atoms with van der Waals surface area (Å²) in [6.45, 7) is 1.99. The second-order valence-corrected chi connectivity index (χ2v) is 3.41. The van der Waals surface area contributed by atoms with Crippen molar-refractivity contribution < 1.29 is 0 Å². The Labute approximate surface area is 77.7 Å². The van der Waals surface area contributed by atoms with Crippen molar-refractivity contribution in [2.75, 3.05) is 5.32 Å². The van der Waals surface area contributed by atoms with Crippen LogP contribution in [0.15, 0.2) is 17.3 Å². The van der Waals surface area contributed by atoms with Crippen LogP contribution in [-0.2, 0) is 7.05 Å². The molecule has 4 nitrogen and oxygen atoms in total. The average molecular weight is 178 g/mol. The van der Waals surface area contributed by atoms with Gasteiger partial charge in [-0.3, -0.25) is 9.67 Å². The van der Waals surface area contributed by atoms with Crippen LogP contribution in [0.5, 0.6) is 0 Å². The van der Waals surface area contributed by atoms with E-state index in [0.717, 1.165) is 11.7 Å². The van der Waals surface area contributed by atoms with Crippen molar-refractivity contribution >= 4 is 11.7 Å². The predicted octanol–water partition coefficient (Wildman–Crippen LogP) is 1.41. The molecule has 0 saturated heterocycles. The summed E-state index contributed by atoms with van der Waals surface area (Å²) in [5.41, 5.74) is 0. The predicted molar refractivity (Wildman–Crippen MR) is 53.0 cm³/mol. The van der Waals surface area contributed by atoms with Gasteiger partial charge in [0.15, 0.2) is 0 Å². The summed E-state index contributed by atoms with van der Waals surface area (Å²) in [4.78, 5) is 4.47. The van der Waals surface area contributed by atoms with E-state index < -0.39 is 0 Å². The van der Waals surface area contributed by atoms with E-state index in [9.17, 15) is 0 Å². The molecule has 0 radical (unpaired) electrons. The molecule has 1 saturated carbocycles. The number of aromatic nitrogens is 2. The van der Waals surface area contributed by atoms with Crippen molar-refractivity contribution in [1.29, 1.82) is 0 Å². The minimum Gasteiger partial charge on any atom is -0.329 e. The fraction of sp³-hybridized carbons (Fsp3) is 0.556. The maximum Gasteiger partial charge on any atom is 0.129 e. The van der Waals surface area contributed by atoms with Gasteiger partial charge in [-0.1, -0.05) is 0 Å². The number of hydrogen-bond donors (Lipinski definition) is 1. The summed E-state index contributed by atoms with van der Waals surface area (Å²) in [6.07, 6.45) is 4.25. The third-order valence-corrected chi connectivity index (χ3v) is 2.05. The zero-order valence-corrected chi connectivity index (χ0v) is 7.99. The van der Waals surface area contributed by atoms with Crippen LogP contribution in [0.25, 0.3) is 0 Å². The lowest BCUT2D eigenvalue weighted by Crippen LogP contribution is -2.11. The summed E-state index contributed by atoms with van der Waals surface area (Å²) < 4.78 is 1.80. The number of hydrogen-bond acceptors (Lipinski definition) is 2. The Morgan fingerprint density at radius 3 is 3.00 bits per heavy atom. The monoisotopic (exact) mass is 178 g/mol. The van der Waals surface area contributed by atoms with E-state index in [1.807, 2.05) is 20.0 Å². The van der Waals surface area contributed by atoms with E-state index in [1.165, 1.54) is 12.8 Å². The Bertz CT molecular complexity index is 322. The molecule has 0 atom stereocenters. The lowest BCUT2D eigenvalue weighted by Gasteiger charge is -2.04. The maximum absolute atomic E-state index is 4.47. The van der Waals surface area contributed by atoms with Gasteiger partial charge in [-0.15, -0.1) is 0 Å². The Morgan fingerprint density at radius 1 is 1.69 bits per heavy atom. The fourth-order valence-electron chi connectivity index (χ4n) is 1.19. The minimum absolute atomic E-state index is 0.570. The standard InChI is InChI=1S/C9H14N4/c1-7(11-8-3-4-8)12-9-5-6-10-13(9)2/h5-6,8H,3-4H2,1-2H3,(H,11,12). The molecule has 2 rings (SSSR count). The SMILES string of the molecule is CC(=NC1CC1)Nc1ccnn1C. The van der Waals surface area contributed by atoms with E-state index in [-0.39, 0.29) is 0 Å². The molecule has 1 aromatic rings. The van der Waals surface area contributed by atoms with Crippen molar-refractivity contribution in [1.82, 2.24) is 9.78 Å². The highest BCUT2D eigenvalue weighted by atomic mass is 15.3. The van der Waals surface area contributed by atoms with Gasteiger partial charge in [0.2, 0.25) is 0 Å². The first-order chi connectivity index (χ1) is 6.25. The van der Waals surface area contributed by atoms with Crippen molar-refractivity contribution in [2.24, 2.45) is 12.0 Å². The van der Waals surface area contributed by atoms with Gasteiger partial charge in [0.25, 0.3) is 0 Å². The number of anilines is 1. The number of nitrogens with one attached hydrogen (secondary N) is 1. The third kappa shape index (κ3) is 2.08. The van der Waals surface area contributed by atoms with Gasteiger partial charge in [-0.05, 0) is 19.8 Å². The highest BCUT2D eigenvalue weighted by molar-refractivity contribution is 5.92. The summed E-state index contributed by atoms with van der Waals surface area (Å²) >= 11 is 0. The Hall–Kier alpha value is -1.32. The van der Waals surface area contributed by atoms with Crippen LogP contribution in [0.3, 0.4) is 0 Å². The molecule has 0 bridgehead atoms. The van der Waals surface area contributed by atoms with E-state index >= 15 is 0 Å². The van der Waals surface area contributed by atoms with Gasteiger partial charge in [-0.2, -0.15) is 5.10 Å². The van der Waals surface area contributed by atoms with Gasteiger partial charge in [0, 0.05) is 13.1 Å². The highest BCUT2D eigenvalue weighted by Gasteiger charge is 2.20. The largest absolute Gasteiger partial charge is 0.329 e. The molecule has 1 aliphatic rings. The topological polar surface area (TPSA) is 42.2 Å². The van der Waals surface area contributed by atoms with Gasteiger partial charge in [0.1, 0.15) is 5.82 Å². The molecule has 1 aliphatic carbocycles. The first-order valence-corrected chi connectivity index (χ1v) is 4.55. The Morgan fingerprint density at radius 2 is 2.46 bits per heavy atom. The molecule has 1 heterocycles. The molecule has 1 fully saturated rings. The van der Waals surface area contributed by atoms with Gasteiger partial charge < -0.3 is 5.32 Å². The van der Waals surface area contributed by atoms with Crippen LogP contribution in [-0.4, -0.2) is 21.7 Å². The van der Waals surface area contributed by atoms with Gasteiger partial charge in [0.05, 0.1) is 18.1 Å². The van der Waals surface area contributed by atoms with Crippen molar-refractivity contribution in [3.05, 3.63) is 12.3 Å². The number of amidine groups is 1. The van der Waals surface area contributed by atoms with E-state index in [1.54, 1.807) is 10.9 Å². The zero-order valence-electron chi connectivity index (χ0n) is 7.99. The van der Waals surface area contributed by atoms with E-state index in [0.29, 0.717) is 6.04 Å². The lowest BCUT2D eigenvalue weighted by molar-refractivity contribution is 0.777. The molecule has 1 N–H and O–H groups in total. The average Bonchev–Trinajstić information content (AvgIpc) is 2.79. The quantitative estimate of drug-likeness (QED) is 0.549. The van der Waals surface area contributed by atoms with Crippen LogP contribution < -0.4 is 5.32 Å². The van der Waals surface area contributed by atoms with Crippen LogP contribution >= 0.6 is 0 Å². The van der Waals surface area contributed by atoms with Gasteiger partial charge in [-0.25, -0.2) is 0 Å². The van der Waals surface area contributed by atoms with Crippen LogP contribution in [0.2, 0.25) is 0 Å². The maximum atomic E-state index is 4.47. The fourth-order valence-corrected chi connectivity index (χ4v) is 1.19. The van der Waals surface area contributed by atoms with Crippen LogP contribution in [0, 0.1) is 0 Å². The molecule has 70 valence electrons.